The van der Waals surface area contributed by atoms with Crippen LogP contribution in [0.5, 0.6) is 5.75 Å². The number of ether oxygens (including phenoxy) is 1. The van der Waals surface area contributed by atoms with Crippen molar-refractivity contribution in [1.29, 1.82) is 0 Å². The molecule has 0 saturated heterocycles. The van der Waals surface area contributed by atoms with Gasteiger partial charge in [-0.15, -0.1) is 0 Å². The van der Waals surface area contributed by atoms with Crippen molar-refractivity contribution in [3.63, 3.8) is 0 Å². The lowest BCUT2D eigenvalue weighted by Gasteiger charge is -2.10. The molecule has 1 heterocycles. The maximum absolute atomic E-state index is 5.93. The summed E-state index contributed by atoms with van der Waals surface area (Å²) in [6.45, 7) is 8.97. The summed E-state index contributed by atoms with van der Waals surface area (Å²) in [5.74, 6) is 0.898. The van der Waals surface area contributed by atoms with Gasteiger partial charge in [0.15, 0.2) is 0 Å². The van der Waals surface area contributed by atoms with Gasteiger partial charge in [-0.1, -0.05) is 35.4 Å². The van der Waals surface area contributed by atoms with E-state index in [2.05, 4.69) is 69.1 Å². The van der Waals surface area contributed by atoms with E-state index in [1.807, 2.05) is 18.5 Å². The molecule has 2 nitrogen and oxygen atoms in total. The van der Waals surface area contributed by atoms with Crippen molar-refractivity contribution in [2.24, 2.45) is 0 Å². The van der Waals surface area contributed by atoms with E-state index in [4.69, 9.17) is 4.74 Å². The number of hydrogen-bond acceptors (Lipinski definition) is 2. The van der Waals surface area contributed by atoms with Gasteiger partial charge in [0.05, 0.1) is 0 Å². The molecule has 1 aromatic heterocycles. The van der Waals surface area contributed by atoms with Crippen molar-refractivity contribution in [3.8, 4) is 16.9 Å². The van der Waals surface area contributed by atoms with Crippen LogP contribution >= 0.6 is 0 Å². The van der Waals surface area contributed by atoms with Crippen molar-refractivity contribution in [3.05, 3.63) is 82.7 Å². The fourth-order valence-electron chi connectivity index (χ4n) is 2.84. The molecule has 0 aliphatic heterocycles. The molecule has 0 bridgehead atoms. The zero-order valence-corrected chi connectivity index (χ0v) is 14.8. The first kappa shape index (κ1) is 16.3. The lowest BCUT2D eigenvalue weighted by Crippen LogP contribution is -1.97. The average molecular weight is 317 g/mol. The molecule has 0 unspecified atom stereocenters. The van der Waals surface area contributed by atoms with Gasteiger partial charge in [0, 0.05) is 23.5 Å². The molecule has 0 aliphatic rings. The van der Waals surface area contributed by atoms with E-state index in [-0.39, 0.29) is 0 Å². The first-order chi connectivity index (χ1) is 11.5. The lowest BCUT2D eigenvalue weighted by atomic mass is 10.0. The minimum atomic E-state index is 0.522. The molecule has 122 valence electrons. The predicted molar refractivity (Wildman–Crippen MR) is 99.4 cm³/mol. The van der Waals surface area contributed by atoms with Gasteiger partial charge in [-0.05, 0) is 62.6 Å². The van der Waals surface area contributed by atoms with Crippen LogP contribution in [-0.4, -0.2) is 4.98 Å². The molecule has 0 N–H and O–H groups in total. The molecule has 0 radical (unpaired) electrons. The van der Waals surface area contributed by atoms with E-state index < -0.39 is 0 Å². The second-order valence-electron chi connectivity index (χ2n) is 6.49. The first-order valence-corrected chi connectivity index (χ1v) is 8.24. The summed E-state index contributed by atoms with van der Waals surface area (Å²) in [5, 5.41) is 0. The Morgan fingerprint density at radius 1 is 0.750 bits per heavy atom. The van der Waals surface area contributed by atoms with E-state index in [0.717, 1.165) is 16.9 Å². The van der Waals surface area contributed by atoms with E-state index in [1.54, 1.807) is 0 Å². The molecule has 0 fully saturated rings. The number of hydrogen-bond donors (Lipinski definition) is 0. The van der Waals surface area contributed by atoms with Crippen LogP contribution in [0.3, 0.4) is 0 Å². The number of aromatic nitrogens is 1. The van der Waals surface area contributed by atoms with Crippen LogP contribution in [0.15, 0.2) is 54.9 Å². The van der Waals surface area contributed by atoms with Gasteiger partial charge in [0.1, 0.15) is 12.4 Å². The van der Waals surface area contributed by atoms with Crippen molar-refractivity contribution < 1.29 is 4.74 Å². The van der Waals surface area contributed by atoms with Crippen LogP contribution in [0, 0.1) is 27.7 Å². The van der Waals surface area contributed by atoms with E-state index in [9.17, 15) is 0 Å². The van der Waals surface area contributed by atoms with Gasteiger partial charge < -0.3 is 4.74 Å². The molecule has 0 spiro atoms. The Bertz CT molecular complexity index is 847. The van der Waals surface area contributed by atoms with Crippen molar-refractivity contribution >= 4 is 0 Å². The van der Waals surface area contributed by atoms with E-state index in [0.29, 0.717) is 6.61 Å². The second kappa shape index (κ2) is 6.88. The molecule has 2 aromatic carbocycles. The molecule has 2 heteroatoms. The van der Waals surface area contributed by atoms with Crippen LogP contribution in [0.2, 0.25) is 0 Å². The standard InChI is InChI=1S/C22H23NO/c1-15-7-16(2)9-20(8-15)21-11-19(12-23-13-21)14-24-22-6-5-17(3)18(4)10-22/h5-13H,14H2,1-4H3. The minimum absolute atomic E-state index is 0.522. The fraction of sp³-hybridized carbons (Fsp3) is 0.227. The Morgan fingerprint density at radius 2 is 1.50 bits per heavy atom. The monoisotopic (exact) mass is 317 g/mol. The highest BCUT2D eigenvalue weighted by atomic mass is 16.5. The van der Waals surface area contributed by atoms with Crippen molar-refractivity contribution in [2.75, 3.05) is 0 Å². The molecule has 0 atom stereocenters. The SMILES string of the molecule is Cc1cc(C)cc(-c2cncc(COc3ccc(C)c(C)c3)c2)c1. The predicted octanol–water partition coefficient (Wildman–Crippen LogP) is 5.56. The van der Waals surface area contributed by atoms with Gasteiger partial charge in [-0.25, -0.2) is 0 Å². The lowest BCUT2D eigenvalue weighted by molar-refractivity contribution is 0.305. The van der Waals surface area contributed by atoms with E-state index >= 15 is 0 Å². The van der Waals surface area contributed by atoms with Crippen LogP contribution in [0.1, 0.15) is 27.8 Å². The van der Waals surface area contributed by atoms with Crippen LogP contribution in [0.25, 0.3) is 11.1 Å². The van der Waals surface area contributed by atoms with Crippen LogP contribution < -0.4 is 4.74 Å². The number of pyridine rings is 1. The number of aryl methyl sites for hydroxylation is 4. The summed E-state index contributed by atoms with van der Waals surface area (Å²) in [7, 11) is 0. The van der Waals surface area contributed by atoms with Gasteiger partial charge >= 0.3 is 0 Å². The summed E-state index contributed by atoms with van der Waals surface area (Å²) >= 11 is 0. The van der Waals surface area contributed by atoms with Crippen molar-refractivity contribution in [2.45, 2.75) is 34.3 Å². The van der Waals surface area contributed by atoms with Crippen LogP contribution in [0.4, 0.5) is 0 Å². The molecule has 3 rings (SSSR count). The van der Waals surface area contributed by atoms with Gasteiger partial charge in [0.25, 0.3) is 0 Å². The van der Waals surface area contributed by atoms with Gasteiger partial charge in [0.2, 0.25) is 0 Å². The van der Waals surface area contributed by atoms with Gasteiger partial charge in [-0.3, -0.25) is 4.98 Å². The number of rotatable bonds is 4. The Kier molecular flexibility index (Phi) is 4.66. The Morgan fingerprint density at radius 3 is 2.21 bits per heavy atom. The maximum atomic E-state index is 5.93. The molecule has 0 aliphatic carbocycles. The second-order valence-corrected chi connectivity index (χ2v) is 6.49. The summed E-state index contributed by atoms with van der Waals surface area (Å²) in [4.78, 5) is 4.38. The topological polar surface area (TPSA) is 22.1 Å². The normalized spacial score (nSPS) is 10.7. The molecular weight excluding hydrogens is 294 g/mol. The number of nitrogens with zero attached hydrogens (tertiary/aromatic N) is 1. The highest BCUT2D eigenvalue weighted by molar-refractivity contribution is 5.64. The largest absolute Gasteiger partial charge is 0.489 e. The Hall–Kier alpha value is -2.61. The molecule has 24 heavy (non-hydrogen) atoms. The Balaban J connectivity index is 1.79. The number of benzene rings is 2. The van der Waals surface area contributed by atoms with Gasteiger partial charge in [-0.2, -0.15) is 0 Å². The molecule has 0 amide bonds. The third-order valence-electron chi connectivity index (χ3n) is 4.23. The molecule has 3 aromatic rings. The Labute approximate surface area is 144 Å². The minimum Gasteiger partial charge on any atom is -0.489 e. The third-order valence-corrected chi connectivity index (χ3v) is 4.23. The zero-order chi connectivity index (χ0) is 17.1. The summed E-state index contributed by atoms with van der Waals surface area (Å²) in [6.07, 6.45) is 3.78. The fourth-order valence-corrected chi connectivity index (χ4v) is 2.84. The smallest absolute Gasteiger partial charge is 0.120 e. The van der Waals surface area contributed by atoms with Crippen molar-refractivity contribution in [1.82, 2.24) is 4.98 Å². The van der Waals surface area contributed by atoms with E-state index in [1.165, 1.54) is 27.8 Å². The summed E-state index contributed by atoms with van der Waals surface area (Å²) < 4.78 is 5.93. The molecule has 0 saturated carbocycles. The third kappa shape index (κ3) is 3.83. The molecular formula is C22H23NO. The first-order valence-electron chi connectivity index (χ1n) is 8.24. The zero-order valence-electron chi connectivity index (χ0n) is 14.8. The highest BCUT2D eigenvalue weighted by Crippen LogP contribution is 2.23. The quantitative estimate of drug-likeness (QED) is 0.628. The maximum Gasteiger partial charge on any atom is 0.120 e. The highest BCUT2D eigenvalue weighted by Gasteiger charge is 2.04. The average Bonchev–Trinajstić information content (AvgIpc) is 2.55. The summed E-state index contributed by atoms with van der Waals surface area (Å²) in [6, 6.07) is 14.9. The van der Waals surface area contributed by atoms with Crippen LogP contribution in [-0.2, 0) is 6.61 Å². The summed E-state index contributed by atoms with van der Waals surface area (Å²) in [5.41, 5.74) is 8.46.